The van der Waals surface area contributed by atoms with Crippen molar-refractivity contribution in [3.05, 3.63) is 129 Å². The fraction of sp³-hybridized carbons (Fsp3) is 0.362. The first-order valence-electron chi connectivity index (χ1n) is 20.4. The van der Waals surface area contributed by atoms with Crippen LogP contribution in [0.5, 0.6) is 0 Å². The summed E-state index contributed by atoms with van der Waals surface area (Å²) in [7, 11) is 0. The van der Waals surface area contributed by atoms with E-state index < -0.39 is 60.1 Å². The Morgan fingerprint density at radius 1 is 0.538 bits per heavy atom. The van der Waals surface area contributed by atoms with Gasteiger partial charge in [-0.25, -0.2) is 14.5 Å². The molecule has 0 aliphatic rings. The minimum Gasteiger partial charge on any atom is -0.470 e. The summed E-state index contributed by atoms with van der Waals surface area (Å²) in [6, 6.07) is 21.8. The number of carbonyl (C=O) groups excluding carboxylic acids is 3. The lowest BCUT2D eigenvalue weighted by Gasteiger charge is -2.28. The summed E-state index contributed by atoms with van der Waals surface area (Å²) in [6.45, 7) is 16.0. The number of hydrogen-bond donors (Lipinski definition) is 6. The van der Waals surface area contributed by atoms with Gasteiger partial charge in [-0.1, -0.05) is 36.4 Å². The van der Waals surface area contributed by atoms with Crippen LogP contribution in [0.2, 0.25) is 0 Å². The molecule has 0 unspecified atom stereocenters. The highest BCUT2D eigenvalue weighted by molar-refractivity contribution is 5.98. The number of hydrogen-bond acceptors (Lipinski definition) is 16. The van der Waals surface area contributed by atoms with Gasteiger partial charge in [-0.15, -0.1) is 0 Å². The normalized spacial score (nSPS) is 12.5. The summed E-state index contributed by atoms with van der Waals surface area (Å²) < 4.78 is 16.6. The highest BCUT2D eigenvalue weighted by Crippen LogP contribution is 2.24. The Kier molecular flexibility index (Phi) is 22.4. The number of esters is 3. The van der Waals surface area contributed by atoms with Crippen LogP contribution in [0.25, 0.3) is 27.9 Å². The molecule has 0 aromatic heterocycles. The molecule has 0 amide bonds. The standard InChI is InChI=1S/C47H54N6O12/c1-47(32-63-44(60)38(31-48)28-35-4-10-39(11-5-35)51(16-22-54)17-23-55,33-64-45(61)42(49-2)29-36-6-12-40(13-7-36)52(18-24-56)19-25-57)34-65-46(62)43(50-3)30-37-8-14-41(15-9-37)53(20-26-58)21-27-59/h4-15,28-30,54-59H,16-27,32-34H2,1H3/b38-28+,42-29-,43-30-. The maximum atomic E-state index is 13.3. The van der Waals surface area contributed by atoms with Crippen molar-refractivity contribution in [3.8, 4) is 6.07 Å². The molecule has 0 aliphatic heterocycles. The summed E-state index contributed by atoms with van der Waals surface area (Å²) in [6.07, 6.45) is 3.88. The maximum Gasteiger partial charge on any atom is 0.348 e. The van der Waals surface area contributed by atoms with Gasteiger partial charge >= 0.3 is 17.9 Å². The number of benzene rings is 3. The minimum absolute atomic E-state index is 0.137. The van der Waals surface area contributed by atoms with Gasteiger partial charge in [0.2, 0.25) is 0 Å². The first-order valence-corrected chi connectivity index (χ1v) is 20.4. The molecule has 0 spiro atoms. The molecule has 65 heavy (non-hydrogen) atoms. The van der Waals surface area contributed by atoms with Gasteiger partial charge in [-0.2, -0.15) is 5.26 Å². The van der Waals surface area contributed by atoms with E-state index in [-0.39, 0.29) is 78.9 Å². The summed E-state index contributed by atoms with van der Waals surface area (Å²) >= 11 is 0. The molecule has 6 N–H and O–H groups in total. The zero-order valence-electron chi connectivity index (χ0n) is 36.1. The van der Waals surface area contributed by atoms with Crippen LogP contribution in [-0.4, -0.2) is 147 Å². The van der Waals surface area contributed by atoms with Crippen LogP contribution < -0.4 is 14.7 Å². The second-order valence-electron chi connectivity index (χ2n) is 14.6. The molecule has 18 heteroatoms. The Morgan fingerprint density at radius 3 is 1.08 bits per heavy atom. The highest BCUT2D eigenvalue weighted by Gasteiger charge is 2.33. The number of aliphatic hydroxyl groups is 6. The predicted molar refractivity (Wildman–Crippen MR) is 242 cm³/mol. The van der Waals surface area contributed by atoms with Crippen molar-refractivity contribution >= 4 is 53.2 Å². The van der Waals surface area contributed by atoms with Crippen molar-refractivity contribution in [3.63, 3.8) is 0 Å². The quantitative estimate of drug-likeness (QED) is 0.0212. The number of nitrogens with zero attached hydrogens (tertiary/aromatic N) is 6. The maximum absolute atomic E-state index is 13.3. The number of carbonyl (C=O) groups is 3. The average Bonchev–Trinajstić information content (AvgIpc) is 3.32. The molecule has 0 heterocycles. The number of rotatable bonds is 27. The summed E-state index contributed by atoms with van der Waals surface area (Å²) in [5, 5.41) is 66.1. The van der Waals surface area contributed by atoms with Crippen LogP contribution in [0.1, 0.15) is 23.6 Å². The van der Waals surface area contributed by atoms with Crippen LogP contribution in [0.4, 0.5) is 17.1 Å². The van der Waals surface area contributed by atoms with Crippen molar-refractivity contribution in [2.75, 3.05) is 113 Å². The van der Waals surface area contributed by atoms with Crippen LogP contribution in [0.15, 0.2) is 89.8 Å². The van der Waals surface area contributed by atoms with Gasteiger partial charge in [-0.3, -0.25) is 9.59 Å². The smallest absolute Gasteiger partial charge is 0.348 e. The highest BCUT2D eigenvalue weighted by atomic mass is 16.6. The van der Waals surface area contributed by atoms with Gasteiger partial charge in [0.15, 0.2) is 0 Å². The molecule has 0 radical (unpaired) electrons. The molecule has 3 rings (SSSR count). The molecule has 0 bridgehead atoms. The predicted octanol–water partition coefficient (Wildman–Crippen LogP) is 2.52. The van der Waals surface area contributed by atoms with Crippen LogP contribution in [0.3, 0.4) is 0 Å². The number of nitriles is 1. The lowest BCUT2D eigenvalue weighted by molar-refractivity contribution is -0.155. The van der Waals surface area contributed by atoms with E-state index in [0.29, 0.717) is 33.8 Å². The number of anilines is 3. The van der Waals surface area contributed by atoms with E-state index in [0.717, 1.165) is 0 Å². The van der Waals surface area contributed by atoms with Gasteiger partial charge in [0.25, 0.3) is 11.4 Å². The molecule has 0 atom stereocenters. The second-order valence-corrected chi connectivity index (χ2v) is 14.6. The van der Waals surface area contributed by atoms with Gasteiger partial charge in [0.1, 0.15) is 31.5 Å². The van der Waals surface area contributed by atoms with E-state index >= 15 is 0 Å². The van der Waals surface area contributed by atoms with E-state index in [1.807, 2.05) is 6.07 Å². The third kappa shape index (κ3) is 16.9. The van der Waals surface area contributed by atoms with Gasteiger partial charge in [0, 0.05) is 56.3 Å². The van der Waals surface area contributed by atoms with E-state index in [1.54, 1.807) is 87.5 Å². The van der Waals surface area contributed by atoms with E-state index in [2.05, 4.69) is 9.69 Å². The van der Waals surface area contributed by atoms with Crippen molar-refractivity contribution in [1.29, 1.82) is 5.26 Å². The van der Waals surface area contributed by atoms with Gasteiger partial charge < -0.3 is 59.5 Å². The first-order chi connectivity index (χ1) is 31.4. The van der Waals surface area contributed by atoms with Crippen LogP contribution in [-0.2, 0) is 28.6 Å². The molecule has 0 saturated carbocycles. The Balaban J connectivity index is 1.86. The summed E-state index contributed by atoms with van der Waals surface area (Å²) in [5.41, 5.74) is 0.774. The lowest BCUT2D eigenvalue weighted by atomic mass is 9.94. The zero-order chi connectivity index (χ0) is 47.6. The zero-order valence-corrected chi connectivity index (χ0v) is 36.1. The molecular weight excluding hydrogens is 841 g/mol. The summed E-state index contributed by atoms with van der Waals surface area (Å²) in [5.74, 6) is -3.14. The Morgan fingerprint density at radius 2 is 0.815 bits per heavy atom. The van der Waals surface area contributed by atoms with Crippen molar-refractivity contribution in [2.24, 2.45) is 5.41 Å². The van der Waals surface area contributed by atoms with E-state index in [1.165, 1.54) is 25.2 Å². The fourth-order valence-electron chi connectivity index (χ4n) is 6.14. The third-order valence-electron chi connectivity index (χ3n) is 9.57. The second kappa shape index (κ2) is 27.9. The van der Waals surface area contributed by atoms with Crippen LogP contribution >= 0.6 is 0 Å². The molecule has 0 saturated heterocycles. The number of aliphatic hydroxyl groups excluding tert-OH is 6. The van der Waals surface area contributed by atoms with Gasteiger partial charge in [0.05, 0.1) is 58.2 Å². The van der Waals surface area contributed by atoms with Gasteiger partial charge in [-0.05, 0) is 78.2 Å². The molecular formula is C47H54N6O12. The first kappa shape index (κ1) is 52.3. The fourth-order valence-corrected chi connectivity index (χ4v) is 6.14. The average molecular weight is 895 g/mol. The van der Waals surface area contributed by atoms with E-state index in [4.69, 9.17) is 27.4 Å². The topological polar surface area (TPSA) is 243 Å². The largest absolute Gasteiger partial charge is 0.470 e. The van der Waals surface area contributed by atoms with Crippen molar-refractivity contribution in [1.82, 2.24) is 0 Å². The van der Waals surface area contributed by atoms with Crippen molar-refractivity contribution in [2.45, 2.75) is 6.92 Å². The molecule has 3 aromatic carbocycles. The minimum atomic E-state index is -1.48. The number of ether oxygens (including phenoxy) is 3. The molecule has 18 nitrogen and oxygen atoms in total. The van der Waals surface area contributed by atoms with Crippen LogP contribution in [0, 0.1) is 29.9 Å². The molecule has 0 fully saturated rings. The Hall–Kier alpha value is -7.08. The lowest BCUT2D eigenvalue weighted by Crippen LogP contribution is -2.37. The summed E-state index contributed by atoms with van der Waals surface area (Å²) in [4.78, 5) is 51.8. The Bertz CT molecular complexity index is 1960. The monoisotopic (exact) mass is 894 g/mol. The molecule has 3 aromatic rings. The molecule has 344 valence electrons. The SMILES string of the molecule is [C-]#[N+]/C(=C\c1ccc(N(CCO)CCO)cc1)C(=O)OCC(C)(COC(=O)/C(=C/c1ccc(N(CCO)CCO)cc1)[N+]#[C-])COC(=O)/C(C#N)=C/c1ccc(N(CCO)CCO)cc1. The Labute approximate surface area is 378 Å². The van der Waals surface area contributed by atoms with E-state index in [9.17, 15) is 50.3 Å². The molecule has 0 aliphatic carbocycles. The van der Waals surface area contributed by atoms with Crippen molar-refractivity contribution < 1.29 is 59.2 Å². The third-order valence-corrected chi connectivity index (χ3v) is 9.57.